The quantitative estimate of drug-likeness (QED) is 0.625. The number of rotatable bonds is 4. The number of aromatic nitrogens is 2. The van der Waals surface area contributed by atoms with E-state index in [2.05, 4.69) is 15.3 Å². The Morgan fingerprint density at radius 1 is 1.25 bits per heavy atom. The molecule has 0 bridgehead atoms. The van der Waals surface area contributed by atoms with E-state index >= 15 is 4.39 Å². The molecule has 0 unspecified atom stereocenters. The van der Waals surface area contributed by atoms with Crippen molar-refractivity contribution in [2.24, 2.45) is 0 Å². The number of halogens is 2. The molecular weight excluding hydrogens is 431 g/mol. The van der Waals surface area contributed by atoms with Crippen LogP contribution in [0.15, 0.2) is 42.9 Å². The van der Waals surface area contributed by atoms with E-state index in [1.54, 1.807) is 37.6 Å². The number of hydrogen-bond donors (Lipinski definition) is 1. The topological polar surface area (TPSA) is 75.2 Å². The zero-order chi connectivity index (χ0) is 23.0. The molecule has 0 aliphatic carbocycles. The molecule has 1 aliphatic heterocycles. The van der Waals surface area contributed by atoms with Crippen LogP contribution in [0.25, 0.3) is 11.1 Å². The normalized spacial score (nSPS) is 14.2. The molecule has 1 aromatic carbocycles. The third-order valence-electron chi connectivity index (χ3n) is 5.84. The fourth-order valence-electron chi connectivity index (χ4n) is 4.02. The maximum Gasteiger partial charge on any atom is 0.271 e. The fourth-order valence-corrected chi connectivity index (χ4v) is 4.22. The molecule has 1 aliphatic rings. The summed E-state index contributed by atoms with van der Waals surface area (Å²) in [6, 6.07) is 6.05. The molecule has 0 fully saturated rings. The average molecular weight is 453 g/mol. The van der Waals surface area contributed by atoms with Gasteiger partial charge >= 0.3 is 0 Å². The van der Waals surface area contributed by atoms with Crippen molar-refractivity contribution in [3.05, 3.63) is 76.1 Å². The van der Waals surface area contributed by atoms with Gasteiger partial charge in [0, 0.05) is 48.9 Å². The number of anilines is 1. The zero-order valence-corrected chi connectivity index (χ0v) is 18.7. The highest BCUT2D eigenvalue weighted by molar-refractivity contribution is 6.33. The number of carbonyl (C=O) groups excluding carboxylic acids is 2. The third kappa shape index (κ3) is 3.96. The molecule has 0 saturated heterocycles. The van der Waals surface area contributed by atoms with Gasteiger partial charge in [0.25, 0.3) is 5.91 Å². The number of aryl methyl sites for hydroxylation is 1. The van der Waals surface area contributed by atoms with Crippen molar-refractivity contribution in [1.82, 2.24) is 15.3 Å². The van der Waals surface area contributed by atoms with E-state index in [0.29, 0.717) is 29.7 Å². The van der Waals surface area contributed by atoms with Crippen molar-refractivity contribution >= 4 is 29.1 Å². The molecule has 2 aromatic heterocycles. The van der Waals surface area contributed by atoms with E-state index < -0.39 is 17.8 Å². The summed E-state index contributed by atoms with van der Waals surface area (Å²) in [6.45, 7) is 3.70. The van der Waals surface area contributed by atoms with Crippen molar-refractivity contribution in [1.29, 1.82) is 0 Å². The van der Waals surface area contributed by atoms with Gasteiger partial charge in [-0.2, -0.15) is 0 Å². The van der Waals surface area contributed by atoms with Gasteiger partial charge in [-0.15, -0.1) is 0 Å². The number of hydrogen-bond acceptors (Lipinski definition) is 4. The van der Waals surface area contributed by atoms with Crippen molar-refractivity contribution in [2.45, 2.75) is 32.7 Å². The van der Waals surface area contributed by atoms with E-state index in [1.165, 1.54) is 17.2 Å². The summed E-state index contributed by atoms with van der Waals surface area (Å²) >= 11 is 6.08. The number of nitrogens with zero attached hydrogens (tertiary/aromatic N) is 3. The van der Waals surface area contributed by atoms with Gasteiger partial charge in [0.2, 0.25) is 5.91 Å². The summed E-state index contributed by atoms with van der Waals surface area (Å²) in [5.41, 5.74) is 4.27. The van der Waals surface area contributed by atoms with Gasteiger partial charge in [-0.1, -0.05) is 11.6 Å². The third-order valence-corrected chi connectivity index (χ3v) is 6.15. The first kappa shape index (κ1) is 21.9. The number of benzene rings is 1. The number of amides is 2. The van der Waals surface area contributed by atoms with Gasteiger partial charge in [-0.05, 0) is 61.2 Å². The maximum atomic E-state index is 15.1. The predicted molar refractivity (Wildman–Crippen MR) is 121 cm³/mol. The smallest absolute Gasteiger partial charge is 0.271 e. The van der Waals surface area contributed by atoms with Crippen molar-refractivity contribution in [3.63, 3.8) is 0 Å². The van der Waals surface area contributed by atoms with E-state index in [1.807, 2.05) is 13.8 Å². The lowest BCUT2D eigenvalue weighted by atomic mass is 9.92. The van der Waals surface area contributed by atoms with Gasteiger partial charge in [0.05, 0.1) is 11.1 Å². The Labute approximate surface area is 190 Å². The second kappa shape index (κ2) is 8.67. The first-order valence-corrected chi connectivity index (χ1v) is 10.6. The molecule has 32 heavy (non-hydrogen) atoms. The van der Waals surface area contributed by atoms with Gasteiger partial charge < -0.3 is 10.2 Å². The number of carbonyl (C=O) groups is 2. The summed E-state index contributed by atoms with van der Waals surface area (Å²) in [5.74, 6) is -0.855. The van der Waals surface area contributed by atoms with E-state index in [0.717, 1.165) is 16.7 Å². The minimum absolute atomic E-state index is 0.0259. The first-order valence-electron chi connectivity index (χ1n) is 10.2. The van der Waals surface area contributed by atoms with Crippen LogP contribution in [0.1, 0.15) is 46.6 Å². The molecule has 1 atom stereocenters. The van der Waals surface area contributed by atoms with E-state index in [4.69, 9.17) is 11.6 Å². The molecule has 2 amide bonds. The highest BCUT2D eigenvalue weighted by Crippen LogP contribution is 2.36. The summed E-state index contributed by atoms with van der Waals surface area (Å²) in [4.78, 5) is 34.4. The van der Waals surface area contributed by atoms with Crippen LogP contribution in [0.3, 0.4) is 0 Å². The molecular formula is C24H22ClFN4O2. The number of fused-ring (bicyclic) bond motifs is 1. The van der Waals surface area contributed by atoms with Crippen LogP contribution >= 0.6 is 11.6 Å². The fraction of sp³-hybridized carbons (Fsp3) is 0.250. The van der Waals surface area contributed by atoms with Crippen LogP contribution in [-0.2, 0) is 11.2 Å². The van der Waals surface area contributed by atoms with Crippen molar-refractivity contribution in [2.75, 3.05) is 11.9 Å². The molecule has 0 saturated carbocycles. The SMILES string of the molecule is Cc1c(-c2cc3c(cc2F)N(C)C(=O)CC3)cncc1[C@@H](C)NC(=O)c1ncccc1Cl. The van der Waals surface area contributed by atoms with Crippen LogP contribution in [-0.4, -0.2) is 28.8 Å². The lowest BCUT2D eigenvalue weighted by Crippen LogP contribution is -2.31. The van der Waals surface area contributed by atoms with Crippen molar-refractivity contribution in [3.8, 4) is 11.1 Å². The minimum Gasteiger partial charge on any atom is -0.344 e. The second-order valence-corrected chi connectivity index (χ2v) is 8.25. The van der Waals surface area contributed by atoms with Crippen LogP contribution in [0, 0.1) is 12.7 Å². The molecule has 6 nitrogen and oxygen atoms in total. The van der Waals surface area contributed by atoms with Gasteiger partial charge in [0.1, 0.15) is 11.5 Å². The standard InChI is InChI=1S/C24H22ClFN4O2/c1-13-17(14(2)29-24(32)23-19(25)5-4-8-28-23)11-27-12-18(13)16-9-15-6-7-22(31)30(3)21(15)10-20(16)26/h4-5,8-12,14H,6-7H2,1-3H3,(H,29,32)/t14-/m1/s1. The van der Waals surface area contributed by atoms with Crippen LogP contribution in [0.4, 0.5) is 10.1 Å². The van der Waals surface area contributed by atoms with Gasteiger partial charge in [0.15, 0.2) is 0 Å². The summed E-state index contributed by atoms with van der Waals surface area (Å²) in [5, 5.41) is 3.15. The van der Waals surface area contributed by atoms with Gasteiger partial charge in [-0.3, -0.25) is 14.6 Å². The Bertz CT molecular complexity index is 1230. The van der Waals surface area contributed by atoms with E-state index in [-0.39, 0.29) is 16.6 Å². The Morgan fingerprint density at radius 3 is 2.78 bits per heavy atom. The minimum atomic E-state index is -0.427. The van der Waals surface area contributed by atoms with E-state index in [9.17, 15) is 9.59 Å². The molecule has 4 rings (SSSR count). The highest BCUT2D eigenvalue weighted by atomic mass is 35.5. The Balaban J connectivity index is 1.67. The van der Waals surface area contributed by atoms with Crippen molar-refractivity contribution < 1.29 is 14.0 Å². The molecule has 0 spiro atoms. The molecule has 164 valence electrons. The Hall–Kier alpha value is -3.32. The lowest BCUT2D eigenvalue weighted by Gasteiger charge is -2.27. The van der Waals surface area contributed by atoms with Gasteiger partial charge in [-0.25, -0.2) is 9.37 Å². The van der Waals surface area contributed by atoms with Crippen LogP contribution in [0.5, 0.6) is 0 Å². The molecule has 0 radical (unpaired) electrons. The molecule has 3 aromatic rings. The zero-order valence-electron chi connectivity index (χ0n) is 17.9. The molecule has 8 heteroatoms. The van der Waals surface area contributed by atoms with Crippen LogP contribution in [0.2, 0.25) is 5.02 Å². The Kier molecular flexibility index (Phi) is 5.93. The monoisotopic (exact) mass is 452 g/mol. The average Bonchev–Trinajstić information content (AvgIpc) is 2.77. The number of pyridine rings is 2. The second-order valence-electron chi connectivity index (χ2n) is 7.84. The Morgan fingerprint density at radius 2 is 2.03 bits per heavy atom. The predicted octanol–water partition coefficient (Wildman–Crippen LogP) is 4.64. The first-order chi connectivity index (χ1) is 15.3. The van der Waals surface area contributed by atoms with Crippen LogP contribution < -0.4 is 10.2 Å². The largest absolute Gasteiger partial charge is 0.344 e. The highest BCUT2D eigenvalue weighted by Gasteiger charge is 2.24. The summed E-state index contributed by atoms with van der Waals surface area (Å²) in [6.07, 6.45) is 5.74. The summed E-state index contributed by atoms with van der Waals surface area (Å²) in [7, 11) is 1.66. The maximum absolute atomic E-state index is 15.1. The summed E-state index contributed by atoms with van der Waals surface area (Å²) < 4.78 is 15.1. The number of nitrogens with one attached hydrogen (secondary N) is 1. The molecule has 1 N–H and O–H groups in total. The molecule has 3 heterocycles. The lowest BCUT2D eigenvalue weighted by molar-refractivity contribution is -0.118.